The van der Waals surface area contributed by atoms with Crippen LogP contribution < -0.4 is 5.32 Å². The molecule has 0 aliphatic carbocycles. The number of benzene rings is 2. The normalized spacial score (nSPS) is 20.0. The number of hydrogen-bond donors (Lipinski definition) is 1. The van der Waals surface area contributed by atoms with Crippen LogP contribution in [0.3, 0.4) is 0 Å². The van der Waals surface area contributed by atoms with Crippen molar-refractivity contribution < 1.29 is 23.9 Å². The smallest absolute Gasteiger partial charge is 0.355 e. The molecular formula is C23H21ClN2O5. The quantitative estimate of drug-likeness (QED) is 0.405. The molecule has 2 unspecified atom stereocenters. The summed E-state index contributed by atoms with van der Waals surface area (Å²) in [6.07, 6.45) is -0.620. The molecule has 2 aromatic carbocycles. The van der Waals surface area contributed by atoms with Gasteiger partial charge < -0.3 is 14.8 Å². The molecular weight excluding hydrogens is 420 g/mol. The van der Waals surface area contributed by atoms with Crippen LogP contribution >= 0.6 is 11.6 Å². The average molecular weight is 441 g/mol. The van der Waals surface area contributed by atoms with E-state index in [0.29, 0.717) is 5.57 Å². The third-order valence-corrected chi connectivity index (χ3v) is 5.46. The molecule has 0 aromatic heterocycles. The molecule has 0 radical (unpaired) electrons. The van der Waals surface area contributed by atoms with Crippen molar-refractivity contribution in [3.63, 3.8) is 0 Å². The molecule has 2 aromatic rings. The molecule has 1 fully saturated rings. The predicted octanol–water partition coefficient (Wildman–Crippen LogP) is 2.15. The van der Waals surface area contributed by atoms with E-state index >= 15 is 0 Å². The van der Waals surface area contributed by atoms with Gasteiger partial charge in [-0.25, -0.2) is 4.79 Å². The highest BCUT2D eigenvalue weighted by Crippen LogP contribution is 2.34. The number of alkyl halides is 1. The lowest BCUT2D eigenvalue weighted by Crippen LogP contribution is -2.73. The summed E-state index contributed by atoms with van der Waals surface area (Å²) in [6.45, 7) is 0.155. The van der Waals surface area contributed by atoms with Crippen molar-refractivity contribution in [1.29, 1.82) is 0 Å². The van der Waals surface area contributed by atoms with Gasteiger partial charge in [-0.1, -0.05) is 60.7 Å². The van der Waals surface area contributed by atoms with Crippen LogP contribution in [0.5, 0.6) is 0 Å². The largest absolute Gasteiger partial charge is 0.456 e. The molecule has 7 nitrogen and oxygen atoms in total. The van der Waals surface area contributed by atoms with Crippen molar-refractivity contribution in [1.82, 2.24) is 10.2 Å². The number of rotatable bonds is 7. The van der Waals surface area contributed by atoms with Crippen LogP contribution in [0, 0.1) is 0 Å². The van der Waals surface area contributed by atoms with E-state index < -0.39 is 24.1 Å². The minimum atomic E-state index is -0.856. The van der Waals surface area contributed by atoms with E-state index in [2.05, 4.69) is 5.32 Å². The van der Waals surface area contributed by atoms with Crippen LogP contribution in [-0.2, 0) is 36.9 Å². The summed E-state index contributed by atoms with van der Waals surface area (Å²) in [4.78, 5) is 39.1. The molecule has 160 valence electrons. The minimum absolute atomic E-state index is 0.0251. The first-order valence-corrected chi connectivity index (χ1v) is 10.4. The third kappa shape index (κ3) is 4.47. The first-order chi connectivity index (χ1) is 15.1. The predicted molar refractivity (Wildman–Crippen MR) is 113 cm³/mol. The summed E-state index contributed by atoms with van der Waals surface area (Å²) in [7, 11) is 0. The number of nitrogens with zero attached hydrogens (tertiary/aromatic N) is 1. The van der Waals surface area contributed by atoms with Crippen LogP contribution in [0.2, 0.25) is 0 Å². The zero-order valence-corrected chi connectivity index (χ0v) is 17.4. The lowest BCUT2D eigenvalue weighted by Gasteiger charge is -2.49. The van der Waals surface area contributed by atoms with Crippen LogP contribution in [-0.4, -0.2) is 47.4 Å². The second-order valence-corrected chi connectivity index (χ2v) is 7.53. The van der Waals surface area contributed by atoms with Gasteiger partial charge in [0.05, 0.1) is 13.0 Å². The van der Waals surface area contributed by atoms with Gasteiger partial charge in [-0.15, -0.1) is 11.6 Å². The van der Waals surface area contributed by atoms with E-state index in [-0.39, 0.29) is 37.1 Å². The molecule has 4 rings (SSSR count). The molecule has 0 saturated carbocycles. The van der Waals surface area contributed by atoms with Crippen molar-refractivity contribution in [2.24, 2.45) is 0 Å². The Labute approximate surface area is 184 Å². The second-order valence-electron chi connectivity index (χ2n) is 7.26. The standard InChI is InChI=1S/C23H21ClN2O5/c24-12-17-14-30-22-19(25-18(27)11-15-7-3-1-4-8-15)21(28)26(22)20(17)23(29)31-13-16-9-5-2-6-10-16/h1-10,19,22H,11-14H2,(H,25,27). The molecule has 1 saturated heterocycles. The van der Waals surface area contributed by atoms with Crippen molar-refractivity contribution >= 4 is 29.4 Å². The molecule has 31 heavy (non-hydrogen) atoms. The molecule has 1 N–H and O–H groups in total. The van der Waals surface area contributed by atoms with Gasteiger partial charge in [0.2, 0.25) is 5.91 Å². The van der Waals surface area contributed by atoms with Gasteiger partial charge in [-0.2, -0.15) is 0 Å². The lowest BCUT2D eigenvalue weighted by atomic mass is 9.98. The van der Waals surface area contributed by atoms with E-state index in [1.807, 2.05) is 60.7 Å². The molecule has 0 spiro atoms. The van der Waals surface area contributed by atoms with Crippen molar-refractivity contribution in [3.05, 3.63) is 83.1 Å². The Morgan fingerprint density at radius 1 is 1.06 bits per heavy atom. The summed E-state index contributed by atoms with van der Waals surface area (Å²) in [5.74, 6) is -1.35. The second kappa shape index (κ2) is 9.32. The number of nitrogens with one attached hydrogen (secondary N) is 1. The number of halogens is 1. The van der Waals surface area contributed by atoms with Crippen LogP contribution in [0.15, 0.2) is 71.9 Å². The Bertz CT molecular complexity index is 1010. The SMILES string of the molecule is O=C(Cc1ccccc1)NC1C(=O)N2C(C(=O)OCc3ccccc3)=C(CCl)COC12. The zero-order valence-electron chi connectivity index (χ0n) is 16.6. The Hall–Kier alpha value is -3.16. The third-order valence-electron chi connectivity index (χ3n) is 5.14. The fraction of sp³-hybridized carbons (Fsp3) is 0.261. The Morgan fingerprint density at radius 3 is 2.35 bits per heavy atom. The Balaban J connectivity index is 1.42. The van der Waals surface area contributed by atoms with Crippen LogP contribution in [0.25, 0.3) is 0 Å². The fourth-order valence-electron chi connectivity index (χ4n) is 3.57. The molecule has 2 aliphatic rings. The maximum absolute atomic E-state index is 12.8. The number of carbonyl (C=O) groups is 3. The number of amides is 2. The van der Waals surface area contributed by atoms with Crippen molar-refractivity contribution in [2.75, 3.05) is 12.5 Å². The van der Waals surface area contributed by atoms with Crippen molar-refractivity contribution in [2.45, 2.75) is 25.3 Å². The highest BCUT2D eigenvalue weighted by molar-refractivity contribution is 6.20. The molecule has 8 heteroatoms. The fourth-order valence-corrected chi connectivity index (χ4v) is 3.78. The monoisotopic (exact) mass is 440 g/mol. The van der Waals surface area contributed by atoms with Gasteiger partial charge in [0.1, 0.15) is 12.3 Å². The minimum Gasteiger partial charge on any atom is -0.456 e. The number of carbonyl (C=O) groups excluding carboxylic acids is 3. The van der Waals surface area contributed by atoms with Gasteiger partial charge in [-0.05, 0) is 11.1 Å². The topological polar surface area (TPSA) is 84.9 Å². The zero-order chi connectivity index (χ0) is 21.8. The van der Waals surface area contributed by atoms with E-state index in [1.54, 1.807) is 0 Å². The molecule has 2 atom stereocenters. The van der Waals surface area contributed by atoms with E-state index in [1.165, 1.54) is 4.90 Å². The van der Waals surface area contributed by atoms with Gasteiger partial charge in [0.15, 0.2) is 12.3 Å². The first-order valence-electron chi connectivity index (χ1n) is 9.85. The lowest BCUT2D eigenvalue weighted by molar-refractivity contribution is -0.185. The molecule has 2 heterocycles. The number of hydrogen-bond acceptors (Lipinski definition) is 5. The maximum atomic E-state index is 12.8. The van der Waals surface area contributed by atoms with Gasteiger partial charge in [0.25, 0.3) is 5.91 Å². The van der Waals surface area contributed by atoms with Gasteiger partial charge in [-0.3, -0.25) is 14.5 Å². The van der Waals surface area contributed by atoms with E-state index in [9.17, 15) is 14.4 Å². The highest BCUT2D eigenvalue weighted by Gasteiger charge is 2.55. The summed E-state index contributed by atoms with van der Waals surface area (Å²) in [5, 5.41) is 2.70. The summed E-state index contributed by atoms with van der Waals surface area (Å²) < 4.78 is 11.1. The molecule has 2 amide bonds. The molecule has 2 aliphatic heterocycles. The van der Waals surface area contributed by atoms with Gasteiger partial charge >= 0.3 is 5.97 Å². The van der Waals surface area contributed by atoms with Crippen LogP contribution in [0.1, 0.15) is 11.1 Å². The number of β-lactam (4-membered cyclic amide) rings is 1. The summed E-state index contributed by atoms with van der Waals surface area (Å²) in [5.41, 5.74) is 2.23. The Morgan fingerprint density at radius 2 is 1.71 bits per heavy atom. The summed E-state index contributed by atoms with van der Waals surface area (Å²) >= 11 is 5.98. The maximum Gasteiger partial charge on any atom is 0.355 e. The number of ether oxygens (including phenoxy) is 2. The van der Waals surface area contributed by atoms with E-state index in [4.69, 9.17) is 21.1 Å². The van der Waals surface area contributed by atoms with Gasteiger partial charge in [0, 0.05) is 11.5 Å². The Kier molecular flexibility index (Phi) is 6.34. The average Bonchev–Trinajstić information content (AvgIpc) is 2.81. The van der Waals surface area contributed by atoms with Crippen LogP contribution in [0.4, 0.5) is 0 Å². The number of esters is 1. The molecule has 0 bridgehead atoms. The van der Waals surface area contributed by atoms with Crippen molar-refractivity contribution in [3.8, 4) is 0 Å². The highest BCUT2D eigenvalue weighted by atomic mass is 35.5. The first kappa shape index (κ1) is 21.1. The van der Waals surface area contributed by atoms with E-state index in [0.717, 1.165) is 11.1 Å². The summed E-state index contributed by atoms with van der Waals surface area (Å²) in [6, 6.07) is 17.6. The number of fused-ring (bicyclic) bond motifs is 1.